The van der Waals surface area contributed by atoms with Crippen LogP contribution in [0, 0.1) is 19.8 Å². The van der Waals surface area contributed by atoms with Gasteiger partial charge >= 0.3 is 0 Å². The molecule has 1 aromatic heterocycles. The number of rotatable bonds is 6. The molecule has 128 valence electrons. The molecule has 1 aliphatic heterocycles. The highest BCUT2D eigenvalue weighted by Gasteiger charge is 2.15. The molecular formula is C15H28Cl2N4O. The molecule has 0 aromatic carbocycles. The lowest BCUT2D eigenvalue weighted by molar-refractivity contribution is -0.121. The molecule has 1 amide bonds. The molecule has 0 radical (unpaired) electrons. The Morgan fingerprint density at radius 1 is 1.41 bits per heavy atom. The van der Waals surface area contributed by atoms with Gasteiger partial charge < -0.3 is 10.6 Å². The Kier molecular flexibility index (Phi) is 9.72. The summed E-state index contributed by atoms with van der Waals surface area (Å²) in [6, 6.07) is 0. The van der Waals surface area contributed by atoms with Gasteiger partial charge in [-0.1, -0.05) is 0 Å². The Morgan fingerprint density at radius 2 is 2.14 bits per heavy atom. The maximum absolute atomic E-state index is 11.9. The van der Waals surface area contributed by atoms with E-state index < -0.39 is 0 Å². The lowest BCUT2D eigenvalue weighted by Gasteiger charge is -2.09. The number of halogens is 2. The van der Waals surface area contributed by atoms with E-state index >= 15 is 0 Å². The number of carbonyl (C=O) groups is 1. The van der Waals surface area contributed by atoms with Gasteiger partial charge in [0.1, 0.15) is 0 Å². The molecule has 0 spiro atoms. The van der Waals surface area contributed by atoms with Gasteiger partial charge in [0, 0.05) is 25.7 Å². The minimum atomic E-state index is 0. The molecule has 0 aliphatic carbocycles. The van der Waals surface area contributed by atoms with Crippen molar-refractivity contribution in [2.45, 2.75) is 39.5 Å². The number of aromatic nitrogens is 2. The van der Waals surface area contributed by atoms with Crippen LogP contribution in [0.2, 0.25) is 0 Å². The summed E-state index contributed by atoms with van der Waals surface area (Å²) in [5.41, 5.74) is 3.41. The zero-order chi connectivity index (χ0) is 14.5. The van der Waals surface area contributed by atoms with Crippen LogP contribution in [0.25, 0.3) is 0 Å². The molecular weight excluding hydrogens is 323 g/mol. The largest absolute Gasteiger partial charge is 0.356 e. The van der Waals surface area contributed by atoms with Crippen LogP contribution < -0.4 is 10.6 Å². The summed E-state index contributed by atoms with van der Waals surface area (Å²) in [7, 11) is 1.95. The van der Waals surface area contributed by atoms with Gasteiger partial charge in [0.2, 0.25) is 5.91 Å². The van der Waals surface area contributed by atoms with Crippen molar-refractivity contribution in [2.24, 2.45) is 13.0 Å². The van der Waals surface area contributed by atoms with Crippen molar-refractivity contribution in [1.29, 1.82) is 0 Å². The van der Waals surface area contributed by atoms with Crippen LogP contribution in [0.3, 0.4) is 0 Å². The molecule has 2 N–H and O–H groups in total. The molecule has 1 atom stereocenters. The number of nitrogens with zero attached hydrogens (tertiary/aromatic N) is 2. The van der Waals surface area contributed by atoms with Gasteiger partial charge in [0.25, 0.3) is 0 Å². The lowest BCUT2D eigenvalue weighted by atomic mass is 10.0. The topological polar surface area (TPSA) is 59.0 Å². The first kappa shape index (κ1) is 21.2. The molecule has 7 heteroatoms. The fraction of sp³-hybridized carbons (Fsp3) is 0.733. The monoisotopic (exact) mass is 350 g/mol. The van der Waals surface area contributed by atoms with Crippen LogP contribution in [0.5, 0.6) is 0 Å². The Morgan fingerprint density at radius 3 is 2.68 bits per heavy atom. The van der Waals surface area contributed by atoms with Gasteiger partial charge in [-0.15, -0.1) is 24.8 Å². The maximum atomic E-state index is 11.9. The number of hydrogen-bond acceptors (Lipinski definition) is 3. The maximum Gasteiger partial charge on any atom is 0.220 e. The lowest BCUT2D eigenvalue weighted by Crippen LogP contribution is -2.26. The number of hydrogen-bond donors (Lipinski definition) is 2. The zero-order valence-corrected chi connectivity index (χ0v) is 15.3. The van der Waals surface area contributed by atoms with Crippen molar-refractivity contribution >= 4 is 30.7 Å². The Bertz CT molecular complexity index is 470. The van der Waals surface area contributed by atoms with Gasteiger partial charge in [-0.3, -0.25) is 9.48 Å². The van der Waals surface area contributed by atoms with Gasteiger partial charge in [0.05, 0.1) is 5.69 Å². The average Bonchev–Trinajstić information content (AvgIpc) is 2.98. The second-order valence-electron chi connectivity index (χ2n) is 5.77. The zero-order valence-electron chi connectivity index (χ0n) is 13.6. The van der Waals surface area contributed by atoms with Crippen molar-refractivity contribution < 1.29 is 4.79 Å². The van der Waals surface area contributed by atoms with E-state index in [0.717, 1.165) is 49.8 Å². The molecule has 5 nitrogen and oxygen atoms in total. The summed E-state index contributed by atoms with van der Waals surface area (Å²) in [6.07, 6.45) is 3.66. The third-order valence-corrected chi connectivity index (χ3v) is 4.30. The van der Waals surface area contributed by atoms with Crippen LogP contribution in [0.4, 0.5) is 0 Å². The third kappa shape index (κ3) is 5.78. The van der Waals surface area contributed by atoms with E-state index in [-0.39, 0.29) is 30.7 Å². The summed E-state index contributed by atoms with van der Waals surface area (Å²) in [4.78, 5) is 11.9. The fourth-order valence-corrected chi connectivity index (χ4v) is 2.88. The van der Waals surface area contributed by atoms with Crippen LogP contribution in [-0.2, 0) is 18.3 Å². The van der Waals surface area contributed by atoms with E-state index in [1.165, 1.54) is 12.0 Å². The molecule has 1 saturated heterocycles. The summed E-state index contributed by atoms with van der Waals surface area (Å²) >= 11 is 0. The Balaban J connectivity index is 0.00000220. The van der Waals surface area contributed by atoms with E-state index in [2.05, 4.69) is 22.7 Å². The second kappa shape index (κ2) is 10.1. The number of amides is 1. The number of carbonyl (C=O) groups excluding carboxylic acids is 1. The third-order valence-electron chi connectivity index (χ3n) is 4.30. The second-order valence-corrected chi connectivity index (χ2v) is 5.77. The van der Waals surface area contributed by atoms with Crippen molar-refractivity contribution in [1.82, 2.24) is 20.4 Å². The molecule has 0 bridgehead atoms. The predicted molar refractivity (Wildman–Crippen MR) is 94.1 cm³/mol. The van der Waals surface area contributed by atoms with E-state index in [1.807, 2.05) is 18.7 Å². The van der Waals surface area contributed by atoms with Crippen LogP contribution in [0.1, 0.15) is 36.2 Å². The normalized spacial score (nSPS) is 16.8. The standard InChI is InChI=1S/C15H26N4O.2ClH/c1-11-14(12(2)19(3)18-11)4-5-15(20)17-9-7-13-6-8-16-10-13;;/h13,16H,4-10H2,1-3H3,(H,17,20);2*1H. The fourth-order valence-electron chi connectivity index (χ4n) is 2.88. The minimum absolute atomic E-state index is 0. The summed E-state index contributed by atoms with van der Waals surface area (Å²) in [5.74, 6) is 0.886. The molecule has 1 aromatic rings. The molecule has 1 fully saturated rings. The van der Waals surface area contributed by atoms with Gasteiger partial charge in [-0.05, 0) is 57.7 Å². The molecule has 1 aliphatic rings. The predicted octanol–water partition coefficient (Wildman–Crippen LogP) is 1.93. The number of aryl methyl sites for hydroxylation is 2. The van der Waals surface area contributed by atoms with Gasteiger partial charge in [-0.25, -0.2) is 0 Å². The summed E-state index contributed by atoms with van der Waals surface area (Å²) in [5, 5.41) is 10.8. The van der Waals surface area contributed by atoms with Crippen molar-refractivity contribution in [2.75, 3.05) is 19.6 Å². The number of nitrogens with one attached hydrogen (secondary N) is 2. The van der Waals surface area contributed by atoms with Crippen molar-refractivity contribution in [3.05, 3.63) is 17.0 Å². The molecule has 1 unspecified atom stereocenters. The highest BCUT2D eigenvalue weighted by molar-refractivity contribution is 5.85. The van der Waals surface area contributed by atoms with E-state index in [0.29, 0.717) is 6.42 Å². The first-order chi connectivity index (χ1) is 9.58. The Hall–Kier alpha value is -0.780. The first-order valence-corrected chi connectivity index (χ1v) is 7.54. The van der Waals surface area contributed by atoms with Crippen molar-refractivity contribution in [3.63, 3.8) is 0 Å². The first-order valence-electron chi connectivity index (χ1n) is 7.54. The molecule has 22 heavy (non-hydrogen) atoms. The van der Waals surface area contributed by atoms with Crippen LogP contribution in [-0.4, -0.2) is 35.3 Å². The van der Waals surface area contributed by atoms with E-state index in [4.69, 9.17) is 0 Å². The quantitative estimate of drug-likeness (QED) is 0.823. The summed E-state index contributed by atoms with van der Waals surface area (Å²) < 4.78 is 1.88. The highest BCUT2D eigenvalue weighted by Crippen LogP contribution is 2.14. The SMILES string of the molecule is Cc1nn(C)c(C)c1CCC(=O)NCCC1CCNC1.Cl.Cl. The smallest absolute Gasteiger partial charge is 0.220 e. The summed E-state index contributed by atoms with van der Waals surface area (Å²) in [6.45, 7) is 7.09. The van der Waals surface area contributed by atoms with Crippen LogP contribution in [0.15, 0.2) is 0 Å². The van der Waals surface area contributed by atoms with Gasteiger partial charge in [-0.2, -0.15) is 5.10 Å². The minimum Gasteiger partial charge on any atom is -0.356 e. The van der Waals surface area contributed by atoms with E-state index in [9.17, 15) is 4.79 Å². The van der Waals surface area contributed by atoms with Crippen LogP contribution >= 0.6 is 24.8 Å². The molecule has 0 saturated carbocycles. The highest BCUT2D eigenvalue weighted by atomic mass is 35.5. The Labute approximate surface area is 145 Å². The van der Waals surface area contributed by atoms with Crippen molar-refractivity contribution in [3.8, 4) is 0 Å². The molecule has 2 rings (SSSR count). The average molecular weight is 351 g/mol. The molecule has 2 heterocycles. The van der Waals surface area contributed by atoms with E-state index in [1.54, 1.807) is 0 Å². The van der Waals surface area contributed by atoms with Gasteiger partial charge in [0.15, 0.2) is 0 Å².